The molecule has 0 radical (unpaired) electrons. The van der Waals surface area contributed by atoms with Gasteiger partial charge >= 0.3 is 0 Å². The highest BCUT2D eigenvalue weighted by atomic mass is 35.5. The van der Waals surface area contributed by atoms with E-state index in [1.807, 2.05) is 22.7 Å². The number of amides is 1. The van der Waals surface area contributed by atoms with Crippen molar-refractivity contribution >= 4 is 18.3 Å². The quantitative estimate of drug-likeness (QED) is 0.886. The van der Waals surface area contributed by atoms with Crippen LogP contribution in [0.15, 0.2) is 30.6 Å². The van der Waals surface area contributed by atoms with E-state index in [0.717, 1.165) is 18.4 Å². The summed E-state index contributed by atoms with van der Waals surface area (Å²) in [4.78, 5) is 19.3. The predicted octanol–water partition coefficient (Wildman–Crippen LogP) is 2.40. The molecule has 3 atom stereocenters. The Morgan fingerprint density at radius 3 is 2.81 bits per heavy atom. The fraction of sp³-hybridized carbons (Fsp3) is 0.444. The Morgan fingerprint density at radius 1 is 1.31 bits per heavy atom. The summed E-state index contributed by atoms with van der Waals surface area (Å²) < 4.78 is 28.5. The largest absolute Gasteiger partial charge is 0.336 e. The minimum atomic E-state index is -0.858. The van der Waals surface area contributed by atoms with Gasteiger partial charge in [0.1, 0.15) is 11.9 Å². The number of imidazole rings is 1. The lowest BCUT2D eigenvalue weighted by Gasteiger charge is -2.36. The van der Waals surface area contributed by atoms with E-state index >= 15 is 0 Å². The second-order valence-electron chi connectivity index (χ2n) is 6.77. The van der Waals surface area contributed by atoms with Crippen LogP contribution >= 0.6 is 12.4 Å². The average Bonchev–Trinajstić information content (AvgIpc) is 3.31. The molecule has 1 N–H and O–H groups in total. The summed E-state index contributed by atoms with van der Waals surface area (Å²) >= 11 is 0. The van der Waals surface area contributed by atoms with Crippen LogP contribution in [0.3, 0.4) is 0 Å². The molecule has 5 nitrogen and oxygen atoms in total. The Kier molecular flexibility index (Phi) is 5.29. The topological polar surface area (TPSA) is 50.2 Å². The summed E-state index contributed by atoms with van der Waals surface area (Å²) in [7, 11) is 1.92. The molecule has 8 heteroatoms. The number of hydrogen-bond acceptors (Lipinski definition) is 3. The van der Waals surface area contributed by atoms with Crippen LogP contribution in [0.1, 0.15) is 29.8 Å². The predicted molar refractivity (Wildman–Crippen MR) is 95.0 cm³/mol. The number of nitrogens with one attached hydrogen (secondary N) is 1. The van der Waals surface area contributed by atoms with E-state index in [-0.39, 0.29) is 36.2 Å². The summed E-state index contributed by atoms with van der Waals surface area (Å²) in [5, 5.41) is 3.31. The number of rotatable bonds is 3. The van der Waals surface area contributed by atoms with Crippen LogP contribution < -0.4 is 5.32 Å². The van der Waals surface area contributed by atoms with Gasteiger partial charge in [-0.3, -0.25) is 4.79 Å². The van der Waals surface area contributed by atoms with Gasteiger partial charge in [-0.05, 0) is 30.0 Å². The number of halogens is 3. The molecular weight excluding hydrogens is 362 g/mol. The second kappa shape index (κ2) is 7.32. The van der Waals surface area contributed by atoms with Gasteiger partial charge < -0.3 is 14.8 Å². The van der Waals surface area contributed by atoms with Crippen molar-refractivity contribution in [2.75, 3.05) is 19.6 Å². The normalized spacial score (nSPS) is 24.9. The zero-order valence-corrected chi connectivity index (χ0v) is 15.2. The van der Waals surface area contributed by atoms with Crippen LogP contribution in [0.4, 0.5) is 8.78 Å². The van der Waals surface area contributed by atoms with E-state index in [0.29, 0.717) is 25.1 Å². The number of aromatic nitrogens is 2. The Balaban J connectivity index is 0.00000196. The van der Waals surface area contributed by atoms with E-state index in [1.165, 1.54) is 6.07 Å². The van der Waals surface area contributed by atoms with Crippen molar-refractivity contribution in [1.82, 2.24) is 19.8 Å². The van der Waals surface area contributed by atoms with Gasteiger partial charge in [-0.25, -0.2) is 13.8 Å². The molecule has 3 unspecified atom stereocenters. The molecule has 2 aromatic rings. The number of piperazine rings is 1. The van der Waals surface area contributed by atoms with Gasteiger partial charge in [-0.15, -0.1) is 12.4 Å². The number of hydrogen-bond donors (Lipinski definition) is 1. The molecular formula is C18H21ClF2N4O. The SMILES string of the molecule is Cl.Cn1ccnc1C1CNCCN1C(=O)C1CC1c1ccc(F)c(F)c1. The molecule has 1 aromatic carbocycles. The number of nitrogens with zero attached hydrogens (tertiary/aromatic N) is 3. The van der Waals surface area contributed by atoms with Crippen LogP contribution in [-0.4, -0.2) is 40.0 Å². The first-order chi connectivity index (χ1) is 12.1. The van der Waals surface area contributed by atoms with Gasteiger partial charge in [0.25, 0.3) is 0 Å². The third-order valence-corrected chi connectivity index (χ3v) is 5.16. The van der Waals surface area contributed by atoms with Gasteiger partial charge in [0, 0.05) is 45.0 Å². The molecule has 1 aliphatic heterocycles. The maximum absolute atomic E-state index is 13.5. The zero-order valence-electron chi connectivity index (χ0n) is 14.4. The highest BCUT2D eigenvalue weighted by molar-refractivity contribution is 5.85. The Bertz CT molecular complexity index is 812. The maximum atomic E-state index is 13.5. The van der Waals surface area contributed by atoms with Crippen molar-refractivity contribution in [3.05, 3.63) is 53.6 Å². The van der Waals surface area contributed by atoms with Crippen LogP contribution in [0.2, 0.25) is 0 Å². The molecule has 140 valence electrons. The zero-order chi connectivity index (χ0) is 17.6. The van der Waals surface area contributed by atoms with Crippen molar-refractivity contribution in [1.29, 1.82) is 0 Å². The summed E-state index contributed by atoms with van der Waals surface area (Å²) in [6, 6.07) is 3.81. The first-order valence-corrected chi connectivity index (χ1v) is 8.49. The summed E-state index contributed by atoms with van der Waals surface area (Å²) in [5.74, 6) is -0.979. The Labute approximate surface area is 156 Å². The van der Waals surface area contributed by atoms with E-state index < -0.39 is 11.6 Å². The minimum Gasteiger partial charge on any atom is -0.336 e. The fourth-order valence-electron chi connectivity index (χ4n) is 3.69. The van der Waals surface area contributed by atoms with Crippen molar-refractivity contribution in [3.8, 4) is 0 Å². The lowest BCUT2D eigenvalue weighted by atomic mass is 10.1. The number of benzene rings is 1. The Hall–Kier alpha value is -1.99. The van der Waals surface area contributed by atoms with Gasteiger partial charge in [-0.2, -0.15) is 0 Å². The number of carbonyl (C=O) groups is 1. The highest BCUT2D eigenvalue weighted by Crippen LogP contribution is 2.49. The lowest BCUT2D eigenvalue weighted by molar-refractivity contribution is -0.136. The van der Waals surface area contributed by atoms with E-state index in [2.05, 4.69) is 10.3 Å². The molecule has 0 bridgehead atoms. The van der Waals surface area contributed by atoms with Crippen molar-refractivity contribution in [3.63, 3.8) is 0 Å². The maximum Gasteiger partial charge on any atom is 0.227 e. The molecule has 1 amide bonds. The van der Waals surface area contributed by atoms with Gasteiger partial charge in [0.05, 0.1) is 0 Å². The molecule has 1 aliphatic carbocycles. The first kappa shape index (κ1) is 18.8. The molecule has 2 fully saturated rings. The molecule has 1 saturated carbocycles. The molecule has 0 spiro atoms. The summed E-state index contributed by atoms with van der Waals surface area (Å²) in [6.45, 7) is 2.03. The standard InChI is InChI=1S/C18H20F2N4O.ClH/c1-23-6-5-22-17(23)16-10-21-4-7-24(16)18(25)13-9-12(13)11-2-3-14(19)15(20)8-11;/h2-3,5-6,8,12-13,16,21H,4,7,9-10H2,1H3;1H. The average molecular weight is 383 g/mol. The second-order valence-corrected chi connectivity index (χ2v) is 6.77. The van der Waals surface area contributed by atoms with Gasteiger partial charge in [0.2, 0.25) is 5.91 Å². The minimum absolute atomic E-state index is 0. The van der Waals surface area contributed by atoms with E-state index in [9.17, 15) is 13.6 Å². The van der Waals surface area contributed by atoms with Crippen molar-refractivity contribution < 1.29 is 13.6 Å². The molecule has 2 heterocycles. The van der Waals surface area contributed by atoms with E-state index in [1.54, 1.807) is 12.3 Å². The number of carbonyl (C=O) groups excluding carboxylic acids is 1. The molecule has 1 aromatic heterocycles. The van der Waals surface area contributed by atoms with Crippen LogP contribution in [0.25, 0.3) is 0 Å². The van der Waals surface area contributed by atoms with Crippen LogP contribution in [-0.2, 0) is 11.8 Å². The summed E-state index contributed by atoms with van der Waals surface area (Å²) in [6.07, 6.45) is 4.28. The highest BCUT2D eigenvalue weighted by Gasteiger charge is 2.47. The third kappa shape index (κ3) is 3.33. The monoisotopic (exact) mass is 382 g/mol. The van der Waals surface area contributed by atoms with E-state index in [4.69, 9.17) is 0 Å². The van der Waals surface area contributed by atoms with Gasteiger partial charge in [0.15, 0.2) is 11.6 Å². The fourth-order valence-corrected chi connectivity index (χ4v) is 3.69. The molecule has 4 rings (SSSR count). The lowest BCUT2D eigenvalue weighted by Crippen LogP contribution is -2.50. The summed E-state index contributed by atoms with van der Waals surface area (Å²) in [5.41, 5.74) is 0.695. The Morgan fingerprint density at radius 2 is 2.12 bits per heavy atom. The smallest absolute Gasteiger partial charge is 0.227 e. The third-order valence-electron chi connectivity index (χ3n) is 5.16. The van der Waals surface area contributed by atoms with Crippen molar-refractivity contribution in [2.24, 2.45) is 13.0 Å². The van der Waals surface area contributed by atoms with Crippen LogP contribution in [0, 0.1) is 17.6 Å². The molecule has 2 aliphatic rings. The van der Waals surface area contributed by atoms with Crippen molar-refractivity contribution in [2.45, 2.75) is 18.4 Å². The number of aryl methyl sites for hydroxylation is 1. The molecule has 26 heavy (non-hydrogen) atoms. The van der Waals surface area contributed by atoms with Crippen LogP contribution in [0.5, 0.6) is 0 Å². The first-order valence-electron chi connectivity index (χ1n) is 8.49. The molecule has 1 saturated heterocycles. The van der Waals surface area contributed by atoms with Gasteiger partial charge in [-0.1, -0.05) is 6.07 Å².